The maximum Gasteiger partial charge on any atom is 0.239 e. The number of carbonyl (C=O) groups is 1. The summed E-state index contributed by atoms with van der Waals surface area (Å²) >= 11 is 0. The normalized spacial score (nSPS) is 10.4. The van der Waals surface area contributed by atoms with Gasteiger partial charge >= 0.3 is 0 Å². The third-order valence-corrected chi connectivity index (χ3v) is 1.81. The highest BCUT2D eigenvalue weighted by atomic mass is 127. The molecule has 0 aromatic heterocycles. The number of nitrogens with one attached hydrogen (secondary N) is 3. The van der Waals surface area contributed by atoms with Gasteiger partial charge in [0.1, 0.15) is 0 Å². The molecule has 0 aliphatic carbocycles. The molecule has 0 aliphatic heterocycles. The zero-order chi connectivity index (χ0) is 12.2. The first-order valence-corrected chi connectivity index (χ1v) is 5.44. The van der Waals surface area contributed by atoms with E-state index in [0.717, 1.165) is 6.42 Å². The Kier molecular flexibility index (Phi) is 14.9. The quantitative estimate of drug-likeness (QED) is 0.258. The largest absolute Gasteiger partial charge is 0.383 e. The van der Waals surface area contributed by atoms with E-state index in [0.29, 0.717) is 25.7 Å². The minimum Gasteiger partial charge on any atom is -0.383 e. The van der Waals surface area contributed by atoms with Crippen molar-refractivity contribution in [1.29, 1.82) is 0 Å². The van der Waals surface area contributed by atoms with Gasteiger partial charge in [0.15, 0.2) is 5.96 Å². The van der Waals surface area contributed by atoms with E-state index < -0.39 is 0 Å². The summed E-state index contributed by atoms with van der Waals surface area (Å²) in [5.41, 5.74) is 0. The molecule has 17 heavy (non-hydrogen) atoms. The molecule has 0 aliphatic rings. The van der Waals surface area contributed by atoms with Crippen LogP contribution in [0.4, 0.5) is 0 Å². The highest BCUT2D eigenvalue weighted by Gasteiger charge is 2.01. The number of hydrogen-bond acceptors (Lipinski definition) is 3. The van der Waals surface area contributed by atoms with E-state index in [1.165, 1.54) is 0 Å². The van der Waals surface area contributed by atoms with Gasteiger partial charge in [-0.3, -0.25) is 9.79 Å². The molecule has 0 spiro atoms. The van der Waals surface area contributed by atoms with Crippen LogP contribution in [0, 0.1) is 0 Å². The zero-order valence-electron chi connectivity index (χ0n) is 10.7. The Labute approximate surface area is 120 Å². The van der Waals surface area contributed by atoms with Crippen molar-refractivity contribution < 1.29 is 9.53 Å². The summed E-state index contributed by atoms with van der Waals surface area (Å²) in [6.07, 6.45) is 0.937. The lowest BCUT2D eigenvalue weighted by Crippen LogP contribution is -2.44. The number of nitrogens with zero attached hydrogens (tertiary/aromatic N) is 1. The number of ether oxygens (including phenoxy) is 1. The number of aliphatic imine (C=N–C) groups is 1. The van der Waals surface area contributed by atoms with E-state index >= 15 is 0 Å². The first kappa shape index (κ1) is 18.8. The van der Waals surface area contributed by atoms with E-state index in [9.17, 15) is 4.79 Å². The van der Waals surface area contributed by atoms with Gasteiger partial charge in [-0.25, -0.2) is 0 Å². The van der Waals surface area contributed by atoms with Gasteiger partial charge in [-0.15, -0.1) is 24.0 Å². The van der Waals surface area contributed by atoms with Gasteiger partial charge in [-0.05, 0) is 6.42 Å². The van der Waals surface area contributed by atoms with Gasteiger partial charge in [0.05, 0.1) is 13.2 Å². The summed E-state index contributed by atoms with van der Waals surface area (Å²) in [6, 6.07) is 0. The van der Waals surface area contributed by atoms with Gasteiger partial charge < -0.3 is 20.7 Å². The molecule has 0 unspecified atom stereocenters. The predicted molar refractivity (Wildman–Crippen MR) is 80.0 cm³/mol. The minimum atomic E-state index is -0.0310. The highest BCUT2D eigenvalue weighted by Crippen LogP contribution is 1.73. The molecule has 3 N–H and O–H groups in total. The van der Waals surface area contributed by atoms with E-state index in [-0.39, 0.29) is 36.4 Å². The first-order chi connectivity index (χ1) is 7.74. The SMILES string of the molecule is CCCNC(=O)CNC(=NC)NCCOC.I. The summed E-state index contributed by atoms with van der Waals surface area (Å²) < 4.78 is 4.89. The van der Waals surface area contributed by atoms with Crippen LogP contribution in [0.1, 0.15) is 13.3 Å². The summed E-state index contributed by atoms with van der Waals surface area (Å²) in [4.78, 5) is 15.2. The van der Waals surface area contributed by atoms with Crippen LogP contribution >= 0.6 is 24.0 Å². The Morgan fingerprint density at radius 2 is 1.94 bits per heavy atom. The molecule has 0 heterocycles. The molecule has 0 radical (unpaired) electrons. The Morgan fingerprint density at radius 3 is 2.47 bits per heavy atom. The molecular weight excluding hydrogens is 335 g/mol. The zero-order valence-corrected chi connectivity index (χ0v) is 13.0. The van der Waals surface area contributed by atoms with Crippen LogP contribution < -0.4 is 16.0 Å². The standard InChI is InChI=1S/C10H22N4O2.HI/c1-4-5-12-9(15)8-14-10(11-2)13-6-7-16-3;/h4-8H2,1-3H3,(H,12,15)(H2,11,13,14);1H. The number of amides is 1. The van der Waals surface area contributed by atoms with Crippen LogP contribution in [0.25, 0.3) is 0 Å². The van der Waals surface area contributed by atoms with Gasteiger partial charge in [0, 0.05) is 27.2 Å². The Balaban J connectivity index is 0. The highest BCUT2D eigenvalue weighted by molar-refractivity contribution is 14.0. The fourth-order valence-electron chi connectivity index (χ4n) is 0.983. The van der Waals surface area contributed by atoms with Crippen molar-refractivity contribution in [3.63, 3.8) is 0 Å². The minimum absolute atomic E-state index is 0. The van der Waals surface area contributed by atoms with E-state index in [2.05, 4.69) is 20.9 Å². The van der Waals surface area contributed by atoms with E-state index in [4.69, 9.17) is 4.74 Å². The maximum atomic E-state index is 11.3. The molecule has 0 saturated heterocycles. The summed E-state index contributed by atoms with van der Waals surface area (Å²) in [6.45, 7) is 4.21. The van der Waals surface area contributed by atoms with Gasteiger partial charge in [-0.1, -0.05) is 6.92 Å². The summed E-state index contributed by atoms with van der Waals surface area (Å²) in [5, 5.41) is 8.69. The van der Waals surface area contributed by atoms with Crippen molar-refractivity contribution in [2.24, 2.45) is 4.99 Å². The van der Waals surface area contributed by atoms with Gasteiger partial charge in [-0.2, -0.15) is 0 Å². The topological polar surface area (TPSA) is 74.8 Å². The molecule has 0 aromatic rings. The van der Waals surface area contributed by atoms with Gasteiger partial charge in [0.2, 0.25) is 5.91 Å². The van der Waals surface area contributed by atoms with Crippen molar-refractivity contribution in [3.8, 4) is 0 Å². The summed E-state index contributed by atoms with van der Waals surface area (Å²) in [7, 11) is 3.29. The molecule has 1 amide bonds. The fourth-order valence-corrected chi connectivity index (χ4v) is 0.983. The lowest BCUT2D eigenvalue weighted by atomic mass is 10.4. The molecular formula is C10H23IN4O2. The summed E-state index contributed by atoms with van der Waals surface area (Å²) in [5.74, 6) is 0.570. The maximum absolute atomic E-state index is 11.3. The monoisotopic (exact) mass is 358 g/mol. The number of carbonyl (C=O) groups excluding carboxylic acids is 1. The van der Waals surface area contributed by atoms with Crippen LogP contribution in [0.3, 0.4) is 0 Å². The number of rotatable bonds is 7. The average Bonchev–Trinajstić information content (AvgIpc) is 2.31. The number of methoxy groups -OCH3 is 1. The second kappa shape index (κ2) is 13.5. The number of halogens is 1. The molecule has 0 fully saturated rings. The molecule has 0 atom stereocenters. The average molecular weight is 358 g/mol. The van der Waals surface area contributed by atoms with Crippen molar-refractivity contribution >= 4 is 35.8 Å². The Hall–Kier alpha value is -0.570. The molecule has 0 saturated carbocycles. The number of hydrogen-bond donors (Lipinski definition) is 3. The second-order valence-electron chi connectivity index (χ2n) is 3.20. The van der Waals surface area contributed by atoms with Crippen LogP contribution in [0.2, 0.25) is 0 Å². The molecule has 0 aromatic carbocycles. The van der Waals surface area contributed by atoms with Crippen molar-refractivity contribution in [1.82, 2.24) is 16.0 Å². The van der Waals surface area contributed by atoms with Crippen LogP contribution in [0.15, 0.2) is 4.99 Å². The third-order valence-electron chi connectivity index (χ3n) is 1.81. The smallest absolute Gasteiger partial charge is 0.239 e. The van der Waals surface area contributed by atoms with Gasteiger partial charge in [0.25, 0.3) is 0 Å². The fraction of sp³-hybridized carbons (Fsp3) is 0.800. The Bertz CT molecular complexity index is 224. The first-order valence-electron chi connectivity index (χ1n) is 5.44. The van der Waals surface area contributed by atoms with Crippen molar-refractivity contribution in [3.05, 3.63) is 0 Å². The van der Waals surface area contributed by atoms with Crippen molar-refractivity contribution in [2.45, 2.75) is 13.3 Å². The van der Waals surface area contributed by atoms with E-state index in [1.807, 2.05) is 6.92 Å². The molecule has 7 heteroatoms. The lowest BCUT2D eigenvalue weighted by molar-refractivity contribution is -0.120. The van der Waals surface area contributed by atoms with E-state index in [1.54, 1.807) is 14.2 Å². The van der Waals surface area contributed by atoms with Crippen LogP contribution in [-0.2, 0) is 9.53 Å². The predicted octanol–water partition coefficient (Wildman–Crippen LogP) is -0.0580. The van der Waals surface area contributed by atoms with Crippen molar-refractivity contribution in [2.75, 3.05) is 40.4 Å². The molecule has 6 nitrogen and oxygen atoms in total. The molecule has 0 rings (SSSR count). The molecule has 102 valence electrons. The lowest BCUT2D eigenvalue weighted by Gasteiger charge is -2.11. The Morgan fingerprint density at radius 1 is 1.24 bits per heavy atom. The third kappa shape index (κ3) is 11.7. The second-order valence-corrected chi connectivity index (χ2v) is 3.20. The molecule has 0 bridgehead atoms. The van der Waals surface area contributed by atoms with Crippen LogP contribution in [-0.4, -0.2) is 52.3 Å². The number of guanidine groups is 1. The van der Waals surface area contributed by atoms with Crippen LogP contribution in [0.5, 0.6) is 0 Å².